The molecule has 2 aromatic rings. The molecule has 23 heavy (non-hydrogen) atoms. The molecule has 4 nitrogen and oxygen atoms in total. The summed E-state index contributed by atoms with van der Waals surface area (Å²) in [5, 5.41) is 0. The van der Waals surface area contributed by atoms with Crippen molar-refractivity contribution >= 4 is 5.69 Å². The van der Waals surface area contributed by atoms with Crippen LogP contribution in [0, 0.1) is 5.92 Å². The minimum Gasteiger partial charge on any atom is -0.371 e. The summed E-state index contributed by atoms with van der Waals surface area (Å²) in [7, 11) is 0. The van der Waals surface area contributed by atoms with E-state index >= 15 is 0 Å². The fourth-order valence-electron chi connectivity index (χ4n) is 2.92. The first kappa shape index (κ1) is 15.8. The highest BCUT2D eigenvalue weighted by Crippen LogP contribution is 2.32. The van der Waals surface area contributed by atoms with Gasteiger partial charge in [0.15, 0.2) is 0 Å². The summed E-state index contributed by atoms with van der Waals surface area (Å²) >= 11 is 0. The number of pyridine rings is 1. The van der Waals surface area contributed by atoms with Gasteiger partial charge in [0.1, 0.15) is 11.5 Å². The molecule has 1 fully saturated rings. The van der Waals surface area contributed by atoms with Gasteiger partial charge in [0.05, 0.1) is 0 Å². The third-order valence-electron chi connectivity index (χ3n) is 4.08. The molecule has 124 valence electrons. The molecule has 2 aromatic heterocycles. The summed E-state index contributed by atoms with van der Waals surface area (Å²) in [6.45, 7) is 6.54. The number of hydrogen-bond donors (Lipinski definition) is 0. The quantitative estimate of drug-likeness (QED) is 0.862. The SMILES string of the molecule is CC(C)c1nccn1CC1CN(c2ccnc(C(F)(F)F)c2)C1. The van der Waals surface area contributed by atoms with Crippen molar-refractivity contribution in [3.63, 3.8) is 0 Å². The maximum Gasteiger partial charge on any atom is 0.433 e. The molecule has 0 aromatic carbocycles. The number of anilines is 1. The lowest BCUT2D eigenvalue weighted by Crippen LogP contribution is -2.48. The van der Waals surface area contributed by atoms with Crippen LogP contribution in [-0.2, 0) is 12.7 Å². The number of alkyl halides is 3. The molecule has 0 amide bonds. The maximum absolute atomic E-state index is 12.7. The molecule has 7 heteroatoms. The Morgan fingerprint density at radius 3 is 2.61 bits per heavy atom. The van der Waals surface area contributed by atoms with Gasteiger partial charge in [-0.2, -0.15) is 13.2 Å². The van der Waals surface area contributed by atoms with E-state index in [1.165, 1.54) is 6.20 Å². The fraction of sp³-hybridized carbons (Fsp3) is 0.500. The minimum absolute atomic E-state index is 0.357. The number of rotatable bonds is 4. The zero-order chi connectivity index (χ0) is 16.6. The summed E-state index contributed by atoms with van der Waals surface area (Å²) in [6.07, 6.45) is 0.581. The molecule has 3 heterocycles. The van der Waals surface area contributed by atoms with Gasteiger partial charge >= 0.3 is 6.18 Å². The van der Waals surface area contributed by atoms with E-state index < -0.39 is 11.9 Å². The van der Waals surface area contributed by atoms with E-state index in [0.717, 1.165) is 31.5 Å². The van der Waals surface area contributed by atoms with Gasteiger partial charge in [-0.15, -0.1) is 0 Å². The van der Waals surface area contributed by atoms with Crippen LogP contribution in [0.15, 0.2) is 30.7 Å². The monoisotopic (exact) mass is 324 g/mol. The fourth-order valence-corrected chi connectivity index (χ4v) is 2.92. The highest BCUT2D eigenvalue weighted by Gasteiger charge is 2.34. The van der Waals surface area contributed by atoms with Crippen LogP contribution >= 0.6 is 0 Å². The van der Waals surface area contributed by atoms with Crippen molar-refractivity contribution in [3.05, 3.63) is 42.2 Å². The highest BCUT2D eigenvalue weighted by molar-refractivity contribution is 5.49. The van der Waals surface area contributed by atoms with Gasteiger partial charge in [0.25, 0.3) is 0 Å². The minimum atomic E-state index is -4.40. The molecular formula is C16H19F3N4. The van der Waals surface area contributed by atoms with Crippen LogP contribution in [0.2, 0.25) is 0 Å². The summed E-state index contributed by atoms with van der Waals surface area (Å²) < 4.78 is 40.3. The van der Waals surface area contributed by atoms with Crippen molar-refractivity contribution in [2.75, 3.05) is 18.0 Å². The van der Waals surface area contributed by atoms with Crippen molar-refractivity contribution in [1.82, 2.24) is 14.5 Å². The topological polar surface area (TPSA) is 34.0 Å². The predicted octanol–water partition coefficient (Wildman–Crippen LogP) is 3.56. The molecule has 1 aliphatic heterocycles. The van der Waals surface area contributed by atoms with E-state index in [9.17, 15) is 13.2 Å². The Kier molecular flexibility index (Phi) is 4.04. The Morgan fingerprint density at radius 1 is 1.22 bits per heavy atom. The standard InChI is InChI=1S/C16H19F3N4/c1-11(2)15-21-5-6-22(15)8-12-9-23(10-12)13-3-4-20-14(7-13)16(17,18)19/h3-7,11-12H,8-10H2,1-2H3. The lowest BCUT2D eigenvalue weighted by molar-refractivity contribution is -0.141. The normalized spacial score (nSPS) is 16.0. The molecule has 0 saturated carbocycles. The van der Waals surface area contributed by atoms with Gasteiger partial charge in [0, 0.05) is 55.7 Å². The first-order chi connectivity index (χ1) is 10.8. The molecule has 3 rings (SSSR count). The first-order valence-electron chi connectivity index (χ1n) is 7.64. The van der Waals surface area contributed by atoms with E-state index in [0.29, 0.717) is 17.5 Å². The second-order valence-electron chi connectivity index (χ2n) is 6.26. The van der Waals surface area contributed by atoms with Crippen LogP contribution in [-0.4, -0.2) is 27.6 Å². The summed E-state index contributed by atoms with van der Waals surface area (Å²) in [6, 6.07) is 2.75. The Hall–Kier alpha value is -2.05. The Bertz CT molecular complexity index is 672. The molecule has 0 aliphatic carbocycles. The first-order valence-corrected chi connectivity index (χ1v) is 7.64. The van der Waals surface area contributed by atoms with Crippen LogP contribution in [0.4, 0.5) is 18.9 Å². The van der Waals surface area contributed by atoms with Crippen LogP contribution in [0.5, 0.6) is 0 Å². The largest absolute Gasteiger partial charge is 0.433 e. The smallest absolute Gasteiger partial charge is 0.371 e. The molecular weight excluding hydrogens is 305 g/mol. The van der Waals surface area contributed by atoms with Gasteiger partial charge < -0.3 is 9.47 Å². The van der Waals surface area contributed by atoms with Crippen molar-refractivity contribution in [2.45, 2.75) is 32.5 Å². The lowest BCUT2D eigenvalue weighted by atomic mass is 9.98. The number of nitrogens with zero attached hydrogens (tertiary/aromatic N) is 4. The number of halogens is 3. The molecule has 0 unspecified atom stereocenters. The average Bonchev–Trinajstić information content (AvgIpc) is 2.90. The molecule has 1 saturated heterocycles. The van der Waals surface area contributed by atoms with Crippen LogP contribution in [0.25, 0.3) is 0 Å². The lowest BCUT2D eigenvalue weighted by Gasteiger charge is -2.41. The van der Waals surface area contributed by atoms with E-state index in [1.54, 1.807) is 12.3 Å². The Morgan fingerprint density at radius 2 is 1.96 bits per heavy atom. The van der Waals surface area contributed by atoms with Gasteiger partial charge in [-0.25, -0.2) is 4.98 Å². The van der Waals surface area contributed by atoms with Crippen molar-refractivity contribution in [1.29, 1.82) is 0 Å². The summed E-state index contributed by atoms with van der Waals surface area (Å²) in [5.74, 6) is 1.83. The number of aromatic nitrogens is 3. The second-order valence-corrected chi connectivity index (χ2v) is 6.26. The van der Waals surface area contributed by atoms with Crippen molar-refractivity contribution in [2.24, 2.45) is 5.92 Å². The van der Waals surface area contributed by atoms with Crippen molar-refractivity contribution < 1.29 is 13.2 Å². The molecule has 0 atom stereocenters. The Labute approximate surface area is 133 Å². The zero-order valence-corrected chi connectivity index (χ0v) is 13.1. The number of imidazole rings is 1. The van der Waals surface area contributed by atoms with Crippen LogP contribution < -0.4 is 4.90 Å². The molecule has 1 aliphatic rings. The summed E-state index contributed by atoms with van der Waals surface area (Å²) in [4.78, 5) is 9.71. The zero-order valence-electron chi connectivity index (χ0n) is 13.1. The predicted molar refractivity (Wildman–Crippen MR) is 81.3 cm³/mol. The van der Waals surface area contributed by atoms with E-state index in [2.05, 4.69) is 28.4 Å². The van der Waals surface area contributed by atoms with Gasteiger partial charge in [-0.05, 0) is 12.1 Å². The highest BCUT2D eigenvalue weighted by atomic mass is 19.4. The van der Waals surface area contributed by atoms with Gasteiger partial charge in [0.2, 0.25) is 0 Å². The third-order valence-corrected chi connectivity index (χ3v) is 4.08. The Balaban J connectivity index is 1.62. The van der Waals surface area contributed by atoms with E-state index in [-0.39, 0.29) is 0 Å². The number of hydrogen-bond acceptors (Lipinski definition) is 3. The van der Waals surface area contributed by atoms with Crippen LogP contribution in [0.1, 0.15) is 31.3 Å². The van der Waals surface area contributed by atoms with Crippen molar-refractivity contribution in [3.8, 4) is 0 Å². The molecule has 0 radical (unpaired) electrons. The summed E-state index contributed by atoms with van der Waals surface area (Å²) in [5.41, 5.74) is -0.256. The van der Waals surface area contributed by atoms with Crippen LogP contribution in [0.3, 0.4) is 0 Å². The van der Waals surface area contributed by atoms with Gasteiger partial charge in [-0.1, -0.05) is 13.8 Å². The second kappa shape index (κ2) is 5.86. The molecule has 0 N–H and O–H groups in total. The average molecular weight is 324 g/mol. The molecule has 0 bridgehead atoms. The van der Waals surface area contributed by atoms with Gasteiger partial charge in [-0.3, -0.25) is 4.98 Å². The third kappa shape index (κ3) is 3.33. The van der Waals surface area contributed by atoms with E-state index in [4.69, 9.17) is 0 Å². The molecule has 0 spiro atoms. The van der Waals surface area contributed by atoms with E-state index in [1.807, 2.05) is 11.1 Å². The maximum atomic E-state index is 12.7.